The number of amides is 1. The van der Waals surface area contributed by atoms with Gasteiger partial charge in [0.15, 0.2) is 0 Å². The topological polar surface area (TPSA) is 46.9 Å². The van der Waals surface area contributed by atoms with Gasteiger partial charge in [-0.05, 0) is 30.5 Å². The molecule has 4 rings (SSSR count). The van der Waals surface area contributed by atoms with Crippen molar-refractivity contribution in [1.29, 1.82) is 0 Å². The summed E-state index contributed by atoms with van der Waals surface area (Å²) < 4.78 is 1.93. The van der Waals surface area contributed by atoms with E-state index in [0.29, 0.717) is 12.0 Å². The average Bonchev–Trinajstić information content (AvgIpc) is 3.32. The molecule has 180 valence electrons. The zero-order valence-corrected chi connectivity index (χ0v) is 20.8. The molecule has 3 aromatic carbocycles. The lowest BCUT2D eigenvalue weighted by atomic mass is 9.98. The van der Waals surface area contributed by atoms with Gasteiger partial charge in [-0.3, -0.25) is 4.79 Å². The van der Waals surface area contributed by atoms with E-state index in [2.05, 4.69) is 31.3 Å². The van der Waals surface area contributed by atoms with Gasteiger partial charge < -0.3 is 5.32 Å². The van der Waals surface area contributed by atoms with Crippen molar-refractivity contribution >= 4 is 5.91 Å². The third-order valence-corrected chi connectivity index (χ3v) is 6.44. The number of carbonyl (C=O) groups is 1. The number of benzene rings is 3. The predicted molar refractivity (Wildman–Crippen MR) is 144 cm³/mol. The molecule has 0 saturated heterocycles. The summed E-state index contributed by atoms with van der Waals surface area (Å²) in [5.41, 5.74) is 5.36. The lowest BCUT2D eigenvalue weighted by Crippen LogP contribution is -2.29. The van der Waals surface area contributed by atoms with Crippen LogP contribution in [0.25, 0.3) is 16.9 Å². The highest BCUT2D eigenvalue weighted by atomic mass is 16.1. The second kappa shape index (κ2) is 12.2. The van der Waals surface area contributed by atoms with Crippen LogP contribution in [0.5, 0.6) is 0 Å². The Hall–Kier alpha value is -3.66. The van der Waals surface area contributed by atoms with E-state index < -0.39 is 0 Å². The molecule has 4 heteroatoms. The highest BCUT2D eigenvalue weighted by Crippen LogP contribution is 2.29. The van der Waals surface area contributed by atoms with Gasteiger partial charge in [-0.15, -0.1) is 0 Å². The van der Waals surface area contributed by atoms with E-state index in [4.69, 9.17) is 5.10 Å². The summed E-state index contributed by atoms with van der Waals surface area (Å²) in [5, 5.41) is 8.35. The second-order valence-corrected chi connectivity index (χ2v) is 8.92. The fraction of sp³-hybridized carbons (Fsp3) is 0.290. The molecule has 1 amide bonds. The third-order valence-electron chi connectivity index (χ3n) is 6.44. The van der Waals surface area contributed by atoms with E-state index in [1.807, 2.05) is 83.5 Å². The maximum absolute atomic E-state index is 14.0. The van der Waals surface area contributed by atoms with Gasteiger partial charge in [0.1, 0.15) is 5.69 Å². The van der Waals surface area contributed by atoms with Crippen molar-refractivity contribution in [2.75, 3.05) is 0 Å². The minimum absolute atomic E-state index is 0.0334. The summed E-state index contributed by atoms with van der Waals surface area (Å²) in [7, 11) is 0. The van der Waals surface area contributed by atoms with Crippen LogP contribution in [0.1, 0.15) is 73.6 Å². The number of unbranched alkanes of at least 4 members (excludes halogenated alkanes) is 3. The highest BCUT2D eigenvalue weighted by Gasteiger charge is 2.26. The molecule has 0 saturated carbocycles. The highest BCUT2D eigenvalue weighted by molar-refractivity contribution is 6.01. The fourth-order valence-electron chi connectivity index (χ4n) is 4.61. The van der Waals surface area contributed by atoms with Gasteiger partial charge in [0, 0.05) is 5.56 Å². The second-order valence-electron chi connectivity index (χ2n) is 8.92. The van der Waals surface area contributed by atoms with Crippen molar-refractivity contribution in [2.24, 2.45) is 0 Å². The average molecular weight is 466 g/mol. The van der Waals surface area contributed by atoms with Crippen molar-refractivity contribution in [3.63, 3.8) is 0 Å². The number of hydrogen-bond acceptors (Lipinski definition) is 2. The molecule has 1 atom stereocenters. The Morgan fingerprint density at radius 2 is 1.46 bits per heavy atom. The van der Waals surface area contributed by atoms with Gasteiger partial charge in [0.2, 0.25) is 0 Å². The van der Waals surface area contributed by atoms with Gasteiger partial charge in [-0.25, -0.2) is 4.68 Å². The quantitative estimate of drug-likeness (QED) is 0.233. The van der Waals surface area contributed by atoms with Crippen molar-refractivity contribution in [3.8, 4) is 16.9 Å². The van der Waals surface area contributed by atoms with Crippen LogP contribution < -0.4 is 5.32 Å². The summed E-state index contributed by atoms with van der Waals surface area (Å²) in [4.78, 5) is 14.0. The monoisotopic (exact) mass is 465 g/mol. The van der Waals surface area contributed by atoms with Gasteiger partial charge in [0.25, 0.3) is 5.91 Å². The molecule has 0 fully saturated rings. The maximum Gasteiger partial charge on any atom is 0.255 e. The first-order valence-electron chi connectivity index (χ1n) is 12.8. The molecular formula is C31H35N3O. The minimum atomic E-state index is -0.0628. The Balaban J connectivity index is 1.73. The number of hydrogen-bond donors (Lipinski definition) is 1. The molecule has 1 heterocycles. The zero-order valence-electron chi connectivity index (χ0n) is 20.8. The number of para-hydroxylation sites is 1. The van der Waals surface area contributed by atoms with Crippen molar-refractivity contribution in [2.45, 2.75) is 58.4 Å². The minimum Gasteiger partial charge on any atom is -0.345 e. The molecule has 0 spiro atoms. The number of nitrogens with zero attached hydrogens (tertiary/aromatic N) is 2. The molecule has 0 radical (unpaired) electrons. The predicted octanol–water partition coefficient (Wildman–Crippen LogP) is 7.54. The molecule has 1 unspecified atom stereocenters. The van der Waals surface area contributed by atoms with E-state index in [-0.39, 0.29) is 11.9 Å². The largest absolute Gasteiger partial charge is 0.345 e. The van der Waals surface area contributed by atoms with Crippen LogP contribution in [0.15, 0.2) is 91.0 Å². The Morgan fingerprint density at radius 3 is 2.09 bits per heavy atom. The molecular weight excluding hydrogens is 430 g/mol. The van der Waals surface area contributed by atoms with E-state index in [1.165, 1.54) is 19.3 Å². The van der Waals surface area contributed by atoms with Crippen molar-refractivity contribution in [1.82, 2.24) is 15.1 Å². The number of nitrogens with one attached hydrogen (secondary N) is 1. The smallest absolute Gasteiger partial charge is 0.255 e. The van der Waals surface area contributed by atoms with Crippen LogP contribution in [-0.2, 0) is 6.42 Å². The van der Waals surface area contributed by atoms with Gasteiger partial charge in [0.05, 0.1) is 23.0 Å². The fourth-order valence-corrected chi connectivity index (χ4v) is 4.61. The van der Waals surface area contributed by atoms with Crippen molar-refractivity contribution < 1.29 is 4.79 Å². The molecule has 0 aliphatic heterocycles. The first-order chi connectivity index (χ1) is 17.2. The van der Waals surface area contributed by atoms with Crippen LogP contribution in [0.4, 0.5) is 0 Å². The van der Waals surface area contributed by atoms with Crippen molar-refractivity contribution in [3.05, 3.63) is 108 Å². The van der Waals surface area contributed by atoms with E-state index in [0.717, 1.165) is 41.0 Å². The Bertz CT molecular complexity index is 1200. The number of aromatic nitrogens is 2. The maximum atomic E-state index is 14.0. The van der Waals surface area contributed by atoms with E-state index in [9.17, 15) is 4.79 Å². The van der Waals surface area contributed by atoms with E-state index >= 15 is 0 Å². The van der Waals surface area contributed by atoms with E-state index in [1.54, 1.807) is 0 Å². The van der Waals surface area contributed by atoms with Crippen LogP contribution in [0.3, 0.4) is 0 Å². The standard InChI is InChI=1S/C31H35N3O/c1-3-5-6-16-23-27(24-17-10-7-11-18-24)32-31(35)29-28(4-2)34(26-21-14-9-15-22-26)33-30(29)25-19-12-8-13-20-25/h7-15,17-22,27H,3-6,16,23H2,1-2H3,(H,32,35). The molecule has 1 N–H and O–H groups in total. The Kier molecular flexibility index (Phi) is 8.50. The van der Waals surface area contributed by atoms with Gasteiger partial charge in [-0.2, -0.15) is 5.10 Å². The first-order valence-corrected chi connectivity index (χ1v) is 12.8. The molecule has 0 aliphatic rings. The molecule has 4 aromatic rings. The summed E-state index contributed by atoms with van der Waals surface area (Å²) in [5.74, 6) is -0.0628. The summed E-state index contributed by atoms with van der Waals surface area (Å²) >= 11 is 0. The van der Waals surface area contributed by atoms with Crippen LogP contribution in [0.2, 0.25) is 0 Å². The Morgan fingerprint density at radius 1 is 0.829 bits per heavy atom. The zero-order chi connectivity index (χ0) is 24.5. The van der Waals surface area contributed by atoms with Gasteiger partial charge >= 0.3 is 0 Å². The lowest BCUT2D eigenvalue weighted by Gasteiger charge is -2.20. The summed E-state index contributed by atoms with van der Waals surface area (Å²) in [6.07, 6.45) is 6.30. The summed E-state index contributed by atoms with van der Waals surface area (Å²) in [6, 6.07) is 30.4. The molecule has 1 aromatic heterocycles. The molecule has 4 nitrogen and oxygen atoms in total. The van der Waals surface area contributed by atoms with Crippen LogP contribution in [0, 0.1) is 0 Å². The number of carbonyl (C=O) groups excluding carboxylic acids is 1. The molecule has 35 heavy (non-hydrogen) atoms. The molecule has 0 bridgehead atoms. The Labute approximate surface area is 209 Å². The first kappa shape index (κ1) is 24.5. The number of rotatable bonds is 11. The summed E-state index contributed by atoms with van der Waals surface area (Å²) in [6.45, 7) is 4.31. The third kappa shape index (κ3) is 5.89. The van der Waals surface area contributed by atoms with Crippen LogP contribution in [-0.4, -0.2) is 15.7 Å². The lowest BCUT2D eigenvalue weighted by molar-refractivity contribution is 0.0933. The normalized spacial score (nSPS) is 11.8. The SMILES string of the molecule is CCCCCCC(NC(=O)c1c(-c2ccccc2)nn(-c2ccccc2)c1CC)c1ccccc1. The van der Waals surface area contributed by atoms with Gasteiger partial charge in [-0.1, -0.05) is 118 Å². The van der Waals surface area contributed by atoms with Crippen LogP contribution >= 0.6 is 0 Å². The molecule has 0 aliphatic carbocycles.